The lowest BCUT2D eigenvalue weighted by atomic mass is 10.4. The van der Waals surface area contributed by atoms with Gasteiger partial charge < -0.3 is 15.2 Å². The molecule has 0 fully saturated rings. The number of rotatable bonds is 7. The number of nitrogens with zero attached hydrogens (tertiary/aromatic N) is 6. The molecule has 132 valence electrons. The maximum atomic E-state index is 4.57. The van der Waals surface area contributed by atoms with Crippen LogP contribution < -0.4 is 10.6 Å². The molecule has 0 aliphatic heterocycles. The smallest absolute Gasteiger partial charge is 0.191 e. The average Bonchev–Trinajstić information content (AvgIpc) is 3.03. The van der Waals surface area contributed by atoms with Gasteiger partial charge in [0.1, 0.15) is 12.4 Å². The standard InChI is InChI=1S/C16H28N8/c1-6-17-16(19-11-15-21-20-14(4)23(15)5)18-8-7-9-24-13(3)10-12(2)22-24/h10H,6-9,11H2,1-5H3,(H2,17,18,19). The molecule has 0 spiro atoms. The average molecular weight is 332 g/mol. The first-order valence-electron chi connectivity index (χ1n) is 8.39. The molecular weight excluding hydrogens is 304 g/mol. The van der Waals surface area contributed by atoms with Crippen molar-refractivity contribution in [3.63, 3.8) is 0 Å². The van der Waals surface area contributed by atoms with Crippen molar-refractivity contribution in [1.29, 1.82) is 0 Å². The summed E-state index contributed by atoms with van der Waals surface area (Å²) in [7, 11) is 1.95. The zero-order valence-corrected chi connectivity index (χ0v) is 15.3. The van der Waals surface area contributed by atoms with E-state index in [9.17, 15) is 0 Å². The zero-order chi connectivity index (χ0) is 17.5. The van der Waals surface area contributed by atoms with Gasteiger partial charge in [-0.2, -0.15) is 5.10 Å². The van der Waals surface area contributed by atoms with Gasteiger partial charge in [-0.25, -0.2) is 4.99 Å². The van der Waals surface area contributed by atoms with Crippen molar-refractivity contribution in [3.05, 3.63) is 29.1 Å². The predicted molar refractivity (Wildman–Crippen MR) is 94.9 cm³/mol. The molecule has 0 amide bonds. The van der Waals surface area contributed by atoms with Crippen molar-refractivity contribution in [2.45, 2.75) is 47.2 Å². The van der Waals surface area contributed by atoms with E-state index in [-0.39, 0.29) is 0 Å². The van der Waals surface area contributed by atoms with Crippen molar-refractivity contribution in [2.24, 2.45) is 12.0 Å². The van der Waals surface area contributed by atoms with E-state index < -0.39 is 0 Å². The van der Waals surface area contributed by atoms with E-state index in [1.54, 1.807) is 0 Å². The summed E-state index contributed by atoms with van der Waals surface area (Å²) in [5.74, 6) is 2.54. The monoisotopic (exact) mass is 332 g/mol. The zero-order valence-electron chi connectivity index (χ0n) is 15.3. The Bertz CT molecular complexity index is 682. The van der Waals surface area contributed by atoms with E-state index in [2.05, 4.69) is 50.8 Å². The van der Waals surface area contributed by atoms with Crippen LogP contribution >= 0.6 is 0 Å². The van der Waals surface area contributed by atoms with Crippen LogP contribution in [0.2, 0.25) is 0 Å². The molecule has 2 N–H and O–H groups in total. The number of hydrogen-bond donors (Lipinski definition) is 2. The van der Waals surface area contributed by atoms with Gasteiger partial charge in [-0.05, 0) is 40.2 Å². The SMILES string of the molecule is CCNC(=NCc1nnc(C)n1C)NCCCn1nc(C)cc1C. The molecule has 8 nitrogen and oxygen atoms in total. The van der Waals surface area contributed by atoms with Crippen molar-refractivity contribution in [3.8, 4) is 0 Å². The van der Waals surface area contributed by atoms with Gasteiger partial charge in [0, 0.05) is 32.4 Å². The molecule has 0 saturated carbocycles. The van der Waals surface area contributed by atoms with Gasteiger partial charge in [-0.15, -0.1) is 10.2 Å². The Kier molecular flexibility index (Phi) is 6.34. The van der Waals surface area contributed by atoms with Gasteiger partial charge >= 0.3 is 0 Å². The number of aromatic nitrogens is 5. The highest BCUT2D eigenvalue weighted by Crippen LogP contribution is 2.02. The van der Waals surface area contributed by atoms with E-state index in [0.29, 0.717) is 6.54 Å². The molecular formula is C16H28N8. The second kappa shape index (κ2) is 8.47. The minimum Gasteiger partial charge on any atom is -0.357 e. The number of nitrogens with one attached hydrogen (secondary N) is 2. The van der Waals surface area contributed by atoms with Crippen molar-refractivity contribution in [2.75, 3.05) is 13.1 Å². The highest BCUT2D eigenvalue weighted by Gasteiger charge is 2.05. The molecule has 8 heteroatoms. The first kappa shape index (κ1) is 18.0. The van der Waals surface area contributed by atoms with Gasteiger partial charge in [0.15, 0.2) is 11.8 Å². The van der Waals surface area contributed by atoms with E-state index in [1.165, 1.54) is 5.69 Å². The van der Waals surface area contributed by atoms with Crippen LogP contribution in [0.25, 0.3) is 0 Å². The van der Waals surface area contributed by atoms with Crippen LogP contribution in [0.3, 0.4) is 0 Å². The molecule has 24 heavy (non-hydrogen) atoms. The van der Waals surface area contributed by atoms with E-state index >= 15 is 0 Å². The Labute approximate surface area is 143 Å². The maximum absolute atomic E-state index is 4.57. The van der Waals surface area contributed by atoms with E-state index in [0.717, 1.165) is 49.4 Å². The van der Waals surface area contributed by atoms with Crippen LogP contribution in [-0.2, 0) is 20.1 Å². The molecule has 2 aromatic heterocycles. The van der Waals surface area contributed by atoms with Crippen LogP contribution in [0, 0.1) is 20.8 Å². The molecule has 0 unspecified atom stereocenters. The quantitative estimate of drug-likeness (QED) is 0.450. The molecule has 0 aliphatic rings. The normalized spacial score (nSPS) is 11.8. The van der Waals surface area contributed by atoms with E-state index in [4.69, 9.17) is 0 Å². The van der Waals surface area contributed by atoms with Gasteiger partial charge in [0.05, 0.1) is 5.69 Å². The Morgan fingerprint density at radius 3 is 2.58 bits per heavy atom. The Balaban J connectivity index is 1.83. The summed E-state index contributed by atoms with van der Waals surface area (Å²) in [6.45, 7) is 11.2. The molecule has 2 aromatic rings. The first-order valence-corrected chi connectivity index (χ1v) is 8.39. The fraction of sp³-hybridized carbons (Fsp3) is 0.625. The number of aliphatic imine (C=N–C) groups is 1. The topological polar surface area (TPSA) is 85.0 Å². The largest absolute Gasteiger partial charge is 0.357 e. The summed E-state index contributed by atoms with van der Waals surface area (Å²) in [6.07, 6.45) is 0.982. The Hall–Kier alpha value is -2.38. The van der Waals surface area contributed by atoms with Crippen LogP contribution in [0.5, 0.6) is 0 Å². The van der Waals surface area contributed by atoms with Gasteiger partial charge in [-0.3, -0.25) is 4.68 Å². The third-order valence-corrected chi connectivity index (χ3v) is 3.85. The van der Waals surface area contributed by atoms with Crippen LogP contribution in [-0.4, -0.2) is 43.6 Å². The maximum Gasteiger partial charge on any atom is 0.191 e. The van der Waals surface area contributed by atoms with Crippen molar-refractivity contribution < 1.29 is 0 Å². The second-order valence-corrected chi connectivity index (χ2v) is 5.85. The van der Waals surface area contributed by atoms with E-state index in [1.807, 2.05) is 30.1 Å². The number of aryl methyl sites for hydroxylation is 4. The van der Waals surface area contributed by atoms with Crippen LogP contribution in [0.1, 0.15) is 36.4 Å². The van der Waals surface area contributed by atoms with Crippen LogP contribution in [0.15, 0.2) is 11.1 Å². The van der Waals surface area contributed by atoms with Gasteiger partial charge in [-0.1, -0.05) is 0 Å². The van der Waals surface area contributed by atoms with Crippen molar-refractivity contribution >= 4 is 5.96 Å². The molecule has 0 aromatic carbocycles. The van der Waals surface area contributed by atoms with Crippen LogP contribution in [0.4, 0.5) is 0 Å². The molecule has 2 heterocycles. The summed E-state index contributed by atoms with van der Waals surface area (Å²) >= 11 is 0. The summed E-state index contributed by atoms with van der Waals surface area (Å²) in [4.78, 5) is 4.57. The van der Waals surface area contributed by atoms with Crippen molar-refractivity contribution in [1.82, 2.24) is 35.2 Å². The molecule has 2 rings (SSSR count). The Morgan fingerprint density at radius 1 is 1.21 bits per heavy atom. The molecule has 0 aliphatic carbocycles. The predicted octanol–water partition coefficient (Wildman–Crippen LogP) is 1.08. The minimum absolute atomic E-state index is 0.504. The third kappa shape index (κ3) is 4.81. The lowest BCUT2D eigenvalue weighted by molar-refractivity contribution is 0.555. The molecule has 0 bridgehead atoms. The molecule has 0 atom stereocenters. The summed E-state index contributed by atoms with van der Waals surface area (Å²) in [5, 5.41) is 19.3. The first-order chi connectivity index (χ1) is 11.5. The summed E-state index contributed by atoms with van der Waals surface area (Å²) in [6, 6.07) is 2.10. The fourth-order valence-corrected chi connectivity index (χ4v) is 2.42. The summed E-state index contributed by atoms with van der Waals surface area (Å²) in [5.41, 5.74) is 2.26. The third-order valence-electron chi connectivity index (χ3n) is 3.85. The lowest BCUT2D eigenvalue weighted by Gasteiger charge is -2.11. The van der Waals surface area contributed by atoms with Gasteiger partial charge in [0.25, 0.3) is 0 Å². The number of hydrogen-bond acceptors (Lipinski definition) is 4. The fourth-order valence-electron chi connectivity index (χ4n) is 2.42. The second-order valence-electron chi connectivity index (χ2n) is 5.85. The molecule has 0 saturated heterocycles. The lowest BCUT2D eigenvalue weighted by Crippen LogP contribution is -2.38. The molecule has 0 radical (unpaired) electrons. The summed E-state index contributed by atoms with van der Waals surface area (Å²) < 4.78 is 4.00. The minimum atomic E-state index is 0.504. The van der Waals surface area contributed by atoms with Gasteiger partial charge in [0.2, 0.25) is 0 Å². The highest BCUT2D eigenvalue weighted by atomic mass is 15.3. The highest BCUT2D eigenvalue weighted by molar-refractivity contribution is 5.79. The number of guanidine groups is 1. The Morgan fingerprint density at radius 2 is 2.00 bits per heavy atom.